The first-order valence-electron chi connectivity index (χ1n) is 3.25. The summed E-state index contributed by atoms with van der Waals surface area (Å²) in [6.45, 7) is 0. The number of hydrogen-bond acceptors (Lipinski definition) is 2. The molecule has 0 aliphatic heterocycles. The number of hydrogen-bond donors (Lipinski definition) is 1. The minimum Gasteiger partial charge on any atom is -0.396 e. The molecule has 0 aromatic heterocycles. The van der Waals surface area contributed by atoms with Crippen LogP contribution in [0.25, 0.3) is 4.98 Å². The predicted octanol–water partition coefficient (Wildman–Crippen LogP) is 3.06. The molecule has 0 bridgehead atoms. The summed E-state index contributed by atoms with van der Waals surface area (Å²) in [5.41, 5.74) is 5.42. The maximum atomic E-state index is 8.54. The molecule has 1 aromatic carbocycles. The van der Waals surface area contributed by atoms with Gasteiger partial charge < -0.3 is 5.73 Å². The summed E-state index contributed by atoms with van der Waals surface area (Å²) in [6.07, 6.45) is 0. The molecule has 0 radical (unpaired) electrons. The Morgan fingerprint density at radius 3 is 1.56 bits per heavy atom. The van der Waals surface area contributed by atoms with E-state index in [0.29, 0.717) is 0 Å². The van der Waals surface area contributed by atoms with Gasteiger partial charge in [-0.2, -0.15) is 0 Å². The maximum absolute atomic E-state index is 8.54. The Hall–Kier alpha value is 1.29. The fourth-order valence-corrected chi connectivity index (χ4v) is 1.66. The molecule has 2 N–H and O–H groups in total. The maximum Gasteiger partial charge on any atom is 0.424 e. The number of benzene rings is 1. The molecule has 0 aliphatic carbocycles. The second-order valence-corrected chi connectivity index (χ2v) is 13.4. The number of anilines is 1. The van der Waals surface area contributed by atoms with Crippen LogP contribution in [0.5, 0.6) is 0 Å². The van der Waals surface area contributed by atoms with E-state index in [-0.39, 0.29) is 48.2 Å². The van der Waals surface area contributed by atoms with Crippen molar-refractivity contribution in [3.63, 3.8) is 0 Å². The van der Waals surface area contributed by atoms with Crippen molar-refractivity contribution in [3.8, 4) is 0 Å². The predicted molar refractivity (Wildman–Crippen MR) is 73.5 cm³/mol. The Balaban J connectivity index is 0.000000673. The Morgan fingerprint density at radius 1 is 1.00 bits per heavy atom. The van der Waals surface area contributed by atoms with Crippen molar-refractivity contribution >= 4 is 83.2 Å². The van der Waals surface area contributed by atoms with Crippen molar-refractivity contribution in [2.75, 3.05) is 5.73 Å². The third-order valence-electron chi connectivity index (χ3n) is 1.37. The van der Waals surface area contributed by atoms with Gasteiger partial charge in [0.2, 0.25) is 5.39 Å². The number of nitrogens with two attached hydrogens (primary N) is 1. The van der Waals surface area contributed by atoms with Crippen molar-refractivity contribution in [3.05, 3.63) is 25.1 Å². The second-order valence-electron chi connectivity index (χ2n) is 2.17. The molecule has 90 valence electrons. The van der Waals surface area contributed by atoms with Crippen LogP contribution < -0.4 is 22.5 Å². The molecule has 0 saturated carbocycles. The molecule has 16 heavy (non-hydrogen) atoms. The molecule has 0 atom stereocenters. The van der Waals surface area contributed by atoms with Crippen molar-refractivity contribution in [2.24, 2.45) is 0 Å². The van der Waals surface area contributed by atoms with Crippen molar-refractivity contribution < 1.29 is 16.8 Å². The summed E-state index contributed by atoms with van der Waals surface area (Å²) in [6, 6.07) is 0. The normalized spacial score (nSPS) is 9.31. The fourth-order valence-electron chi connectivity index (χ4n) is 0.725. The average Bonchev–Trinajstić information content (AvgIpc) is 2.26. The van der Waals surface area contributed by atoms with E-state index in [0.717, 1.165) is 0 Å². The molecule has 0 spiro atoms. The van der Waals surface area contributed by atoms with Crippen LogP contribution in [-0.2, 0) is 0 Å². The van der Waals surface area contributed by atoms with Gasteiger partial charge >= 0.3 is 47.8 Å². The summed E-state index contributed by atoms with van der Waals surface area (Å²) in [5.74, 6) is 0. The quantitative estimate of drug-likeness (QED) is 0.236. The van der Waals surface area contributed by atoms with E-state index in [1.54, 1.807) is 0 Å². The molecule has 10 heteroatoms. The van der Waals surface area contributed by atoms with Gasteiger partial charge in [-0.25, -0.2) is 0 Å². The average molecular weight is 545 g/mol. The smallest absolute Gasteiger partial charge is 0.396 e. The van der Waals surface area contributed by atoms with Gasteiger partial charge in [0, 0.05) is 0 Å². The van der Waals surface area contributed by atoms with Gasteiger partial charge in [0.15, 0.2) is 15.0 Å². The van der Waals surface area contributed by atoms with Crippen LogP contribution >= 0.6 is 71.8 Å². The topological polar surface area (TPSA) is 54.2 Å². The fraction of sp³-hybridized carbons (Fsp3) is 0. The van der Waals surface area contributed by atoms with E-state index in [4.69, 9.17) is 57.5 Å². The molecule has 0 heterocycles. The minimum atomic E-state index is -0.0902. The first-order valence-corrected chi connectivity index (χ1v) is 14.4. The van der Waals surface area contributed by atoms with E-state index < -0.39 is 0 Å². The standard InChI is InChI=1S/C6H2Cl4N3.Br2I/c7-1-3(9)6(13-12)4(10)2(8)5(1)11;1-3-2/h11H2;/q+1;-1. The zero-order chi connectivity index (χ0) is 12.9. The van der Waals surface area contributed by atoms with E-state index in [2.05, 4.69) is 30.4 Å². The van der Waals surface area contributed by atoms with Gasteiger partial charge in [-0.05, 0) is 0 Å². The van der Waals surface area contributed by atoms with Crippen LogP contribution in [0.3, 0.4) is 0 Å². The van der Waals surface area contributed by atoms with Crippen LogP contribution in [0.4, 0.5) is 11.4 Å². The van der Waals surface area contributed by atoms with Gasteiger partial charge in [0.25, 0.3) is 0 Å². The number of nitrogens with zero attached hydrogens (tertiary/aromatic N) is 2. The number of diazo groups is 1. The van der Waals surface area contributed by atoms with Gasteiger partial charge in [0.1, 0.15) is 0 Å². The van der Waals surface area contributed by atoms with Crippen molar-refractivity contribution in [2.45, 2.75) is 0 Å². The summed E-state index contributed by atoms with van der Waals surface area (Å²) in [7, 11) is 0. The van der Waals surface area contributed by atoms with Crippen LogP contribution in [0.1, 0.15) is 0 Å². The van der Waals surface area contributed by atoms with Crippen molar-refractivity contribution in [1.82, 2.24) is 0 Å². The van der Waals surface area contributed by atoms with Gasteiger partial charge in [0.05, 0.1) is 15.7 Å². The summed E-state index contributed by atoms with van der Waals surface area (Å²) >= 11 is 29.2. The van der Waals surface area contributed by atoms with Crippen molar-refractivity contribution in [1.29, 1.82) is 5.39 Å². The zero-order valence-electron chi connectivity index (χ0n) is 7.12. The Bertz CT molecular complexity index is 408. The third kappa shape index (κ3) is 4.19. The van der Waals surface area contributed by atoms with E-state index in [9.17, 15) is 0 Å². The summed E-state index contributed by atoms with van der Waals surface area (Å²) in [4.78, 5) is 2.84. The molecule has 1 aromatic rings. The molecule has 0 fully saturated rings. The van der Waals surface area contributed by atoms with Gasteiger partial charge in [-0.1, -0.05) is 46.4 Å². The van der Waals surface area contributed by atoms with Crippen LogP contribution in [0.2, 0.25) is 20.1 Å². The number of nitrogen functional groups attached to an aromatic ring is 1. The monoisotopic (exact) mass is 541 g/mol. The van der Waals surface area contributed by atoms with E-state index in [1.165, 1.54) is 0 Å². The minimum absolute atomic E-state index is 0.0175. The zero-order valence-corrected chi connectivity index (χ0v) is 15.5. The Kier molecular flexibility index (Phi) is 9.08. The first-order chi connectivity index (χ1) is 7.42. The molecule has 0 unspecified atom stereocenters. The van der Waals surface area contributed by atoms with Crippen LogP contribution in [0, 0.1) is 5.39 Å². The SMILES string of the molecule is Br[I-]Br.N#[N+]c1c(Cl)c(Cl)c(N)c(Cl)c1Cl. The number of halogens is 7. The van der Waals surface area contributed by atoms with E-state index in [1.807, 2.05) is 0 Å². The first kappa shape index (κ1) is 17.3. The largest absolute Gasteiger partial charge is 0.424 e. The molecule has 0 aliphatic rings. The van der Waals surface area contributed by atoms with Crippen LogP contribution in [-0.4, -0.2) is 0 Å². The second kappa shape index (κ2) is 8.40. The Labute approximate surface area is 134 Å². The van der Waals surface area contributed by atoms with E-state index >= 15 is 0 Å². The van der Waals surface area contributed by atoms with Gasteiger partial charge in [-0.15, -0.1) is 0 Å². The third-order valence-corrected chi connectivity index (χ3v) is 3.09. The molecule has 3 nitrogen and oxygen atoms in total. The van der Waals surface area contributed by atoms with Crippen LogP contribution in [0.15, 0.2) is 0 Å². The molecular weight excluding hydrogens is 543 g/mol. The number of rotatable bonds is 0. The molecular formula is C6H2Br2Cl4IN3. The molecule has 0 saturated heterocycles. The molecule has 0 amide bonds. The summed E-state index contributed by atoms with van der Waals surface area (Å²) in [5, 5.41) is 8.51. The van der Waals surface area contributed by atoms with Gasteiger partial charge in [-0.3, -0.25) is 0 Å². The Morgan fingerprint density at radius 2 is 1.31 bits per heavy atom. The molecule has 1 rings (SSSR count). The summed E-state index contributed by atoms with van der Waals surface area (Å²) < 4.78 is 0.